The predicted molar refractivity (Wildman–Crippen MR) is 97.2 cm³/mol. The summed E-state index contributed by atoms with van der Waals surface area (Å²) < 4.78 is 34.9. The number of carboxylic acids is 1. The maximum absolute atomic E-state index is 14.1. The van der Waals surface area contributed by atoms with Gasteiger partial charge in [0.2, 0.25) is 0 Å². The summed E-state index contributed by atoms with van der Waals surface area (Å²) in [7, 11) is 1.40. The molecule has 0 saturated heterocycles. The Hall–Kier alpha value is -3.68. The Morgan fingerprint density at radius 2 is 1.75 bits per heavy atom. The van der Waals surface area contributed by atoms with Crippen LogP contribution in [0.4, 0.5) is 8.78 Å². The molecule has 6 nitrogen and oxygen atoms in total. The fourth-order valence-electron chi connectivity index (χ4n) is 2.93. The number of methoxy groups -OCH3 is 1. The summed E-state index contributed by atoms with van der Waals surface area (Å²) in [6.07, 6.45) is 1.94. The highest BCUT2D eigenvalue weighted by Crippen LogP contribution is 2.34. The monoisotopic (exact) mass is 387 g/mol. The van der Waals surface area contributed by atoms with E-state index in [9.17, 15) is 23.5 Å². The van der Waals surface area contributed by atoms with Crippen LogP contribution in [0.3, 0.4) is 0 Å². The van der Waals surface area contributed by atoms with Crippen LogP contribution in [-0.2, 0) is 16.1 Å². The molecule has 0 atom stereocenters. The molecule has 2 N–H and O–H groups in total. The number of aromatic nitrogens is 1. The number of rotatable bonds is 6. The van der Waals surface area contributed by atoms with Crippen molar-refractivity contribution >= 4 is 28.4 Å². The summed E-state index contributed by atoms with van der Waals surface area (Å²) in [4.78, 5) is 22.2. The Balaban J connectivity index is 2.20. The molecule has 3 aromatic rings. The van der Waals surface area contributed by atoms with Gasteiger partial charge in [0.1, 0.15) is 23.1 Å². The molecule has 0 aliphatic carbocycles. The van der Waals surface area contributed by atoms with Crippen LogP contribution in [0.15, 0.2) is 48.7 Å². The Labute approximate surface area is 157 Å². The van der Waals surface area contributed by atoms with Crippen LogP contribution < -0.4 is 4.74 Å². The topological polar surface area (TPSA) is 88.8 Å². The summed E-state index contributed by atoms with van der Waals surface area (Å²) in [6, 6.07) is 8.42. The van der Waals surface area contributed by atoms with Crippen molar-refractivity contribution in [2.75, 3.05) is 7.11 Å². The van der Waals surface area contributed by atoms with E-state index in [-0.39, 0.29) is 17.7 Å². The number of aliphatic hydroxyl groups excluding tert-OH is 1. The van der Waals surface area contributed by atoms with Crippen LogP contribution in [0.25, 0.3) is 16.7 Å². The normalized spacial score (nSPS) is 11.6. The number of fused-ring (bicyclic) bond motifs is 1. The first kappa shape index (κ1) is 19.1. The molecule has 144 valence electrons. The van der Waals surface area contributed by atoms with E-state index in [1.807, 2.05) is 0 Å². The Bertz CT molecular complexity index is 1100. The van der Waals surface area contributed by atoms with Gasteiger partial charge in [-0.25, -0.2) is 13.6 Å². The van der Waals surface area contributed by atoms with Crippen LogP contribution in [0.5, 0.6) is 5.75 Å². The molecule has 3 rings (SSSR count). The third-order valence-corrected chi connectivity index (χ3v) is 4.23. The largest absolute Gasteiger partial charge is 0.507 e. The zero-order chi connectivity index (χ0) is 20.4. The number of hydrogen-bond acceptors (Lipinski definition) is 4. The lowest BCUT2D eigenvalue weighted by atomic mass is 10.1. The van der Waals surface area contributed by atoms with Gasteiger partial charge in [0.15, 0.2) is 0 Å². The van der Waals surface area contributed by atoms with Gasteiger partial charge in [-0.1, -0.05) is 12.1 Å². The number of carbonyl (C=O) groups excluding carboxylic acids is 1. The van der Waals surface area contributed by atoms with Gasteiger partial charge in [0.25, 0.3) is 5.78 Å². The summed E-state index contributed by atoms with van der Waals surface area (Å²) in [5.41, 5.74) is 0.386. The van der Waals surface area contributed by atoms with Gasteiger partial charge in [0.05, 0.1) is 24.6 Å². The van der Waals surface area contributed by atoms with Crippen molar-refractivity contribution in [3.63, 3.8) is 0 Å². The molecule has 1 aromatic heterocycles. The lowest BCUT2D eigenvalue weighted by molar-refractivity contribution is -0.146. The number of benzene rings is 2. The van der Waals surface area contributed by atoms with Crippen molar-refractivity contribution < 1.29 is 33.3 Å². The molecule has 0 aliphatic rings. The summed E-state index contributed by atoms with van der Waals surface area (Å²) in [6.45, 7) is -0.192. The van der Waals surface area contributed by atoms with Crippen molar-refractivity contribution in [3.8, 4) is 5.75 Å². The Morgan fingerprint density at radius 1 is 1.11 bits per heavy atom. The van der Waals surface area contributed by atoms with Gasteiger partial charge < -0.3 is 19.5 Å². The molecular weight excluding hydrogens is 372 g/mol. The van der Waals surface area contributed by atoms with Crippen molar-refractivity contribution in [3.05, 3.63) is 71.4 Å². The highest BCUT2D eigenvalue weighted by Gasteiger charge is 2.20. The maximum atomic E-state index is 14.1. The lowest BCUT2D eigenvalue weighted by Gasteiger charge is -2.08. The molecule has 28 heavy (non-hydrogen) atoms. The number of ketones is 1. The first-order valence-electron chi connectivity index (χ1n) is 8.10. The van der Waals surface area contributed by atoms with Gasteiger partial charge >= 0.3 is 5.97 Å². The van der Waals surface area contributed by atoms with E-state index in [0.29, 0.717) is 22.7 Å². The average Bonchev–Trinajstić information content (AvgIpc) is 3.03. The molecule has 0 saturated carbocycles. The minimum atomic E-state index is -1.73. The van der Waals surface area contributed by atoms with E-state index < -0.39 is 29.1 Å². The number of aliphatic hydroxyl groups is 1. The van der Waals surface area contributed by atoms with Gasteiger partial charge in [-0.2, -0.15) is 0 Å². The molecule has 0 bridgehead atoms. The number of hydrogen-bond donors (Lipinski definition) is 2. The Kier molecular flexibility index (Phi) is 5.12. The van der Waals surface area contributed by atoms with E-state index in [1.165, 1.54) is 23.9 Å². The number of halogens is 2. The number of carboxylic acid groups (broad SMARTS) is 1. The second kappa shape index (κ2) is 7.51. The van der Waals surface area contributed by atoms with Gasteiger partial charge in [-0.3, -0.25) is 4.79 Å². The highest BCUT2D eigenvalue weighted by atomic mass is 19.1. The minimum Gasteiger partial charge on any atom is -0.507 e. The summed E-state index contributed by atoms with van der Waals surface area (Å²) in [5, 5.41) is 19.4. The summed E-state index contributed by atoms with van der Waals surface area (Å²) in [5.74, 6) is -4.76. The SMILES string of the molecule is COc1cccc2c1c(/C(O)=C/C(=O)C(=O)O)cn2Cc1c(F)cccc1F. The maximum Gasteiger partial charge on any atom is 0.376 e. The molecule has 8 heteroatoms. The number of nitrogens with zero attached hydrogens (tertiary/aromatic N) is 1. The van der Waals surface area contributed by atoms with Gasteiger partial charge in [-0.05, 0) is 24.3 Å². The number of carbonyl (C=O) groups is 2. The highest BCUT2D eigenvalue weighted by molar-refractivity contribution is 6.38. The first-order chi connectivity index (χ1) is 13.3. The van der Waals surface area contributed by atoms with E-state index in [0.717, 1.165) is 12.1 Å². The molecule has 0 unspecified atom stereocenters. The third kappa shape index (κ3) is 3.44. The molecule has 1 heterocycles. The molecule has 0 aliphatic heterocycles. The second-order valence-electron chi connectivity index (χ2n) is 5.92. The van der Waals surface area contributed by atoms with Gasteiger partial charge in [0, 0.05) is 23.4 Å². The molecule has 0 spiro atoms. The van der Waals surface area contributed by atoms with Gasteiger partial charge in [-0.15, -0.1) is 0 Å². The third-order valence-electron chi connectivity index (χ3n) is 4.23. The van der Waals surface area contributed by atoms with E-state index >= 15 is 0 Å². The Morgan fingerprint density at radius 3 is 2.36 bits per heavy atom. The molecule has 0 amide bonds. The van der Waals surface area contributed by atoms with E-state index in [4.69, 9.17) is 9.84 Å². The van der Waals surface area contributed by atoms with Crippen LogP contribution in [0.1, 0.15) is 11.1 Å². The minimum absolute atomic E-state index is 0.0961. The zero-order valence-corrected chi connectivity index (χ0v) is 14.6. The fraction of sp³-hybridized carbons (Fsp3) is 0.100. The standard InChI is InChI=1S/C20H15F2NO5/c1-28-18-7-3-6-15-19(18)12(16(24)8-17(25)20(26)27)10-23(15)9-11-13(21)4-2-5-14(11)22/h2-8,10,24H,9H2,1H3,(H,26,27)/b16-8-. The van der Waals surface area contributed by atoms with Crippen LogP contribution in [0, 0.1) is 11.6 Å². The summed E-state index contributed by atoms with van der Waals surface area (Å²) >= 11 is 0. The van der Waals surface area contributed by atoms with Crippen molar-refractivity contribution in [1.82, 2.24) is 4.57 Å². The van der Waals surface area contributed by atoms with Crippen molar-refractivity contribution in [1.29, 1.82) is 0 Å². The predicted octanol–water partition coefficient (Wildman–Crippen LogP) is 3.53. The first-order valence-corrected chi connectivity index (χ1v) is 8.10. The lowest BCUT2D eigenvalue weighted by Crippen LogP contribution is -2.09. The smallest absolute Gasteiger partial charge is 0.376 e. The zero-order valence-electron chi connectivity index (χ0n) is 14.6. The van der Waals surface area contributed by atoms with Crippen LogP contribution in [0.2, 0.25) is 0 Å². The molecular formula is C20H15F2NO5. The number of ether oxygens (including phenoxy) is 1. The van der Waals surface area contributed by atoms with E-state index in [1.54, 1.807) is 18.2 Å². The second-order valence-corrected chi connectivity index (χ2v) is 5.92. The van der Waals surface area contributed by atoms with Crippen LogP contribution >= 0.6 is 0 Å². The van der Waals surface area contributed by atoms with Crippen molar-refractivity contribution in [2.24, 2.45) is 0 Å². The molecule has 2 aromatic carbocycles. The van der Waals surface area contributed by atoms with Crippen molar-refractivity contribution in [2.45, 2.75) is 6.54 Å². The average molecular weight is 387 g/mol. The van der Waals surface area contributed by atoms with E-state index in [2.05, 4.69) is 0 Å². The number of aliphatic carboxylic acids is 1. The fourth-order valence-corrected chi connectivity index (χ4v) is 2.93. The molecule has 0 fully saturated rings. The quantitative estimate of drug-likeness (QED) is 0.384. The molecule has 0 radical (unpaired) electrons. The van der Waals surface area contributed by atoms with Crippen LogP contribution in [-0.4, -0.2) is 33.6 Å².